The average Bonchev–Trinajstić information content (AvgIpc) is 2.27. The van der Waals surface area contributed by atoms with Crippen LogP contribution in [0.4, 0.5) is 0 Å². The Kier molecular flexibility index (Phi) is 5.17. The second-order valence-corrected chi connectivity index (χ2v) is 5.50. The van der Waals surface area contributed by atoms with Gasteiger partial charge in [-0.2, -0.15) is 0 Å². The van der Waals surface area contributed by atoms with Crippen LogP contribution in [0.5, 0.6) is 5.75 Å². The minimum Gasteiger partial charge on any atom is -0.496 e. The second-order valence-electron chi connectivity index (χ2n) is 5.50. The molecule has 2 N–H and O–H groups in total. The summed E-state index contributed by atoms with van der Waals surface area (Å²) in [6.07, 6.45) is 0. The molecule has 18 heavy (non-hydrogen) atoms. The average molecular weight is 250 g/mol. The normalized spacial score (nSPS) is 11.7. The van der Waals surface area contributed by atoms with E-state index in [4.69, 9.17) is 4.74 Å². The van der Waals surface area contributed by atoms with E-state index in [9.17, 15) is 0 Å². The predicted octanol–water partition coefficient (Wildman–Crippen LogP) is 2.36. The van der Waals surface area contributed by atoms with Gasteiger partial charge in [-0.15, -0.1) is 0 Å². The van der Waals surface area contributed by atoms with Crippen molar-refractivity contribution in [2.24, 2.45) is 0 Å². The third kappa shape index (κ3) is 3.47. The van der Waals surface area contributed by atoms with Crippen molar-refractivity contribution in [1.82, 2.24) is 10.6 Å². The molecule has 0 aliphatic heterocycles. The van der Waals surface area contributed by atoms with E-state index >= 15 is 0 Å². The molecule has 0 aromatic heterocycles. The highest BCUT2D eigenvalue weighted by atomic mass is 16.5. The van der Waals surface area contributed by atoms with E-state index in [1.165, 1.54) is 16.7 Å². The molecule has 0 heterocycles. The van der Waals surface area contributed by atoms with Gasteiger partial charge in [-0.25, -0.2) is 0 Å². The van der Waals surface area contributed by atoms with Gasteiger partial charge in [-0.3, -0.25) is 0 Å². The number of hydrogen-bond donors (Lipinski definition) is 2. The van der Waals surface area contributed by atoms with Crippen molar-refractivity contribution in [3.05, 3.63) is 28.8 Å². The first kappa shape index (κ1) is 15.0. The zero-order valence-corrected chi connectivity index (χ0v) is 12.5. The summed E-state index contributed by atoms with van der Waals surface area (Å²) in [7, 11) is 3.69. The van der Waals surface area contributed by atoms with Gasteiger partial charge in [0.1, 0.15) is 5.75 Å². The van der Waals surface area contributed by atoms with E-state index < -0.39 is 0 Å². The van der Waals surface area contributed by atoms with Crippen LogP contribution in [0.25, 0.3) is 0 Å². The molecule has 0 bridgehead atoms. The van der Waals surface area contributed by atoms with Gasteiger partial charge >= 0.3 is 0 Å². The topological polar surface area (TPSA) is 33.3 Å². The van der Waals surface area contributed by atoms with Crippen LogP contribution in [0.3, 0.4) is 0 Å². The number of rotatable bonds is 6. The highest BCUT2D eigenvalue weighted by Gasteiger charge is 2.26. The predicted molar refractivity (Wildman–Crippen MR) is 77.4 cm³/mol. The first-order valence-electron chi connectivity index (χ1n) is 6.43. The van der Waals surface area contributed by atoms with Crippen LogP contribution >= 0.6 is 0 Å². The van der Waals surface area contributed by atoms with Gasteiger partial charge in [-0.1, -0.05) is 19.9 Å². The summed E-state index contributed by atoms with van der Waals surface area (Å²) in [6.45, 7) is 10.5. The van der Waals surface area contributed by atoms with Crippen molar-refractivity contribution in [2.45, 2.75) is 33.1 Å². The van der Waals surface area contributed by atoms with Crippen molar-refractivity contribution in [3.63, 3.8) is 0 Å². The summed E-state index contributed by atoms with van der Waals surface area (Å²) in [5, 5.41) is 6.50. The smallest absolute Gasteiger partial charge is 0.123 e. The molecule has 0 aliphatic carbocycles. The van der Waals surface area contributed by atoms with Crippen LogP contribution in [-0.4, -0.2) is 27.4 Å². The first-order chi connectivity index (χ1) is 8.42. The van der Waals surface area contributed by atoms with Crippen molar-refractivity contribution >= 4 is 0 Å². The molecule has 0 unspecified atom stereocenters. The second kappa shape index (κ2) is 6.21. The zero-order chi connectivity index (χ0) is 13.8. The number of ether oxygens (including phenoxy) is 1. The van der Waals surface area contributed by atoms with Crippen LogP contribution in [0.1, 0.15) is 30.5 Å². The van der Waals surface area contributed by atoms with Gasteiger partial charge in [0.15, 0.2) is 0 Å². The summed E-state index contributed by atoms with van der Waals surface area (Å²) >= 11 is 0. The lowest BCUT2D eigenvalue weighted by Gasteiger charge is -2.29. The maximum Gasteiger partial charge on any atom is 0.123 e. The van der Waals surface area contributed by atoms with Crippen LogP contribution in [0.15, 0.2) is 12.1 Å². The lowest BCUT2D eigenvalue weighted by Crippen LogP contribution is -2.37. The third-order valence-corrected chi connectivity index (χ3v) is 3.21. The lowest BCUT2D eigenvalue weighted by molar-refractivity contribution is 0.383. The molecule has 0 saturated carbocycles. The molecule has 0 spiro atoms. The summed E-state index contributed by atoms with van der Waals surface area (Å²) in [5.74, 6) is 0.990. The molecule has 0 fully saturated rings. The molecule has 102 valence electrons. The number of benzene rings is 1. The molecule has 0 radical (unpaired) electrons. The molecular formula is C15H26N2O. The Morgan fingerprint density at radius 1 is 1.22 bits per heavy atom. The molecule has 3 nitrogen and oxygen atoms in total. The van der Waals surface area contributed by atoms with Gasteiger partial charge in [0, 0.05) is 24.2 Å². The maximum absolute atomic E-state index is 5.56. The Labute approximate surface area is 111 Å². The molecule has 0 aliphatic rings. The molecule has 3 heteroatoms. The number of nitrogens with one attached hydrogen (secondary N) is 2. The molecule has 0 saturated heterocycles. The van der Waals surface area contributed by atoms with Crippen LogP contribution < -0.4 is 15.4 Å². The van der Waals surface area contributed by atoms with E-state index in [2.05, 4.69) is 50.5 Å². The monoisotopic (exact) mass is 250 g/mol. The largest absolute Gasteiger partial charge is 0.496 e. The zero-order valence-electron chi connectivity index (χ0n) is 12.5. The van der Waals surface area contributed by atoms with Gasteiger partial charge in [0.2, 0.25) is 0 Å². The summed E-state index contributed by atoms with van der Waals surface area (Å²) in [5.41, 5.74) is 3.87. The minimum absolute atomic E-state index is 0.0416. The number of aryl methyl sites for hydroxylation is 2. The SMILES string of the molecule is CNCNCC(C)(C)c1c(C)cc(C)cc1OC. The fraction of sp³-hybridized carbons (Fsp3) is 0.600. The highest BCUT2D eigenvalue weighted by molar-refractivity contribution is 5.47. The number of hydrogen-bond acceptors (Lipinski definition) is 3. The first-order valence-corrected chi connectivity index (χ1v) is 6.43. The Bertz CT molecular complexity index is 400. The highest BCUT2D eigenvalue weighted by Crippen LogP contribution is 2.35. The van der Waals surface area contributed by atoms with Crippen LogP contribution in [0, 0.1) is 13.8 Å². The number of methoxy groups -OCH3 is 1. The Hall–Kier alpha value is -1.06. The Morgan fingerprint density at radius 3 is 2.44 bits per heavy atom. The van der Waals surface area contributed by atoms with Crippen molar-refractivity contribution in [1.29, 1.82) is 0 Å². The van der Waals surface area contributed by atoms with E-state index in [-0.39, 0.29) is 5.41 Å². The molecule has 1 rings (SSSR count). The van der Waals surface area contributed by atoms with Crippen molar-refractivity contribution in [3.8, 4) is 5.75 Å². The molecule has 1 aromatic carbocycles. The van der Waals surface area contributed by atoms with Crippen LogP contribution in [-0.2, 0) is 5.41 Å². The molecule has 0 amide bonds. The van der Waals surface area contributed by atoms with Crippen LogP contribution in [0.2, 0.25) is 0 Å². The third-order valence-electron chi connectivity index (χ3n) is 3.21. The molecule has 0 atom stereocenters. The van der Waals surface area contributed by atoms with E-state index in [0.717, 1.165) is 19.0 Å². The fourth-order valence-corrected chi connectivity index (χ4v) is 2.55. The van der Waals surface area contributed by atoms with Gasteiger partial charge in [0.05, 0.1) is 7.11 Å². The summed E-state index contributed by atoms with van der Waals surface area (Å²) < 4.78 is 5.56. The Balaban J connectivity index is 3.06. The summed E-state index contributed by atoms with van der Waals surface area (Å²) in [4.78, 5) is 0. The minimum atomic E-state index is 0.0416. The van der Waals surface area contributed by atoms with E-state index in [0.29, 0.717) is 0 Å². The van der Waals surface area contributed by atoms with Crippen molar-refractivity contribution < 1.29 is 4.74 Å². The van der Waals surface area contributed by atoms with Gasteiger partial charge in [-0.05, 0) is 38.1 Å². The molecule has 1 aromatic rings. The van der Waals surface area contributed by atoms with Crippen molar-refractivity contribution in [2.75, 3.05) is 27.4 Å². The van der Waals surface area contributed by atoms with E-state index in [1.54, 1.807) is 7.11 Å². The maximum atomic E-state index is 5.56. The van der Waals surface area contributed by atoms with Gasteiger partial charge in [0.25, 0.3) is 0 Å². The standard InChI is InChI=1S/C15H26N2O/c1-11-7-12(2)14(13(8-11)18-6)15(3,4)9-17-10-16-5/h7-8,16-17H,9-10H2,1-6H3. The van der Waals surface area contributed by atoms with E-state index in [1.807, 2.05) is 7.05 Å². The molecular weight excluding hydrogens is 224 g/mol. The lowest BCUT2D eigenvalue weighted by atomic mass is 9.80. The van der Waals surface area contributed by atoms with Gasteiger partial charge < -0.3 is 15.4 Å². The quantitative estimate of drug-likeness (QED) is 0.600. The summed E-state index contributed by atoms with van der Waals surface area (Å²) in [6, 6.07) is 4.33. The Morgan fingerprint density at radius 2 is 1.89 bits per heavy atom. The fourth-order valence-electron chi connectivity index (χ4n) is 2.55.